The Bertz CT molecular complexity index is 458. The van der Waals surface area contributed by atoms with Crippen molar-refractivity contribution in [1.29, 1.82) is 0 Å². The first-order chi connectivity index (χ1) is 9.61. The second kappa shape index (κ2) is 7.37. The second-order valence-electron chi connectivity index (χ2n) is 5.28. The molecule has 1 aliphatic rings. The molecule has 2 rings (SSSR count). The highest BCUT2D eigenvalue weighted by molar-refractivity contribution is 8.00. The van der Waals surface area contributed by atoms with E-state index in [1.807, 2.05) is 23.6 Å². The van der Waals surface area contributed by atoms with E-state index in [9.17, 15) is 4.79 Å². The van der Waals surface area contributed by atoms with Crippen LogP contribution in [0.1, 0.15) is 31.7 Å². The van der Waals surface area contributed by atoms with Gasteiger partial charge in [0.25, 0.3) is 0 Å². The number of nitrogens with zero attached hydrogens (tertiary/aromatic N) is 1. The summed E-state index contributed by atoms with van der Waals surface area (Å²) in [5.41, 5.74) is 1.34. The van der Waals surface area contributed by atoms with Gasteiger partial charge in [0.05, 0.1) is 0 Å². The van der Waals surface area contributed by atoms with Crippen LogP contribution >= 0.6 is 23.4 Å². The van der Waals surface area contributed by atoms with E-state index < -0.39 is 0 Å². The predicted octanol–water partition coefficient (Wildman–Crippen LogP) is 4.10. The number of hydrogen-bond acceptors (Lipinski definition) is 2. The van der Waals surface area contributed by atoms with E-state index in [4.69, 9.17) is 11.6 Å². The van der Waals surface area contributed by atoms with Gasteiger partial charge in [0.15, 0.2) is 0 Å². The van der Waals surface area contributed by atoms with Crippen molar-refractivity contribution < 1.29 is 4.79 Å². The van der Waals surface area contributed by atoms with Crippen LogP contribution in [0, 0.1) is 6.92 Å². The highest BCUT2D eigenvalue weighted by atomic mass is 35.5. The van der Waals surface area contributed by atoms with E-state index in [0.717, 1.165) is 25.9 Å². The Morgan fingerprint density at radius 2 is 2.05 bits per heavy atom. The Kier molecular flexibility index (Phi) is 5.79. The molecule has 0 aliphatic carbocycles. The molecule has 1 amide bonds. The molecule has 1 saturated heterocycles. The van der Waals surface area contributed by atoms with Gasteiger partial charge in [0, 0.05) is 23.2 Å². The zero-order chi connectivity index (χ0) is 14.5. The monoisotopic (exact) mass is 311 g/mol. The van der Waals surface area contributed by atoms with Gasteiger partial charge in [0.1, 0.15) is 5.38 Å². The van der Waals surface area contributed by atoms with Gasteiger partial charge in [-0.15, -0.1) is 23.4 Å². The Morgan fingerprint density at radius 3 is 2.65 bits per heavy atom. The maximum absolute atomic E-state index is 12.0. The van der Waals surface area contributed by atoms with Crippen LogP contribution in [0.4, 0.5) is 0 Å². The van der Waals surface area contributed by atoms with Crippen molar-refractivity contribution in [1.82, 2.24) is 4.90 Å². The van der Waals surface area contributed by atoms with Crippen LogP contribution in [-0.4, -0.2) is 34.5 Å². The summed E-state index contributed by atoms with van der Waals surface area (Å²) in [4.78, 5) is 15.3. The number of benzene rings is 1. The lowest BCUT2D eigenvalue weighted by Gasteiger charge is -2.33. The van der Waals surface area contributed by atoms with Crippen LogP contribution in [0.3, 0.4) is 0 Å². The van der Waals surface area contributed by atoms with Gasteiger partial charge in [-0.2, -0.15) is 0 Å². The first-order valence-corrected chi connectivity index (χ1v) is 8.58. The normalized spacial score (nSPS) is 18.1. The van der Waals surface area contributed by atoms with Crippen LogP contribution in [0.2, 0.25) is 0 Å². The minimum absolute atomic E-state index is 0.105. The quantitative estimate of drug-likeness (QED) is 0.780. The number of aryl methyl sites for hydroxylation is 1. The summed E-state index contributed by atoms with van der Waals surface area (Å²) >= 11 is 7.99. The fourth-order valence-corrected chi connectivity index (χ4v) is 3.79. The molecule has 2 nitrogen and oxygen atoms in total. The van der Waals surface area contributed by atoms with E-state index in [1.54, 1.807) is 0 Å². The summed E-state index contributed by atoms with van der Waals surface area (Å²) in [5, 5.41) is 0.256. The SMILES string of the molecule is CCC(Cl)C(=O)N1CCC(Sc2ccccc2C)CC1. The molecule has 0 N–H and O–H groups in total. The molecule has 1 aliphatic heterocycles. The molecule has 1 unspecified atom stereocenters. The minimum Gasteiger partial charge on any atom is -0.341 e. The van der Waals surface area contributed by atoms with Gasteiger partial charge in [-0.3, -0.25) is 4.79 Å². The summed E-state index contributed by atoms with van der Waals surface area (Å²) in [5.74, 6) is 0.105. The van der Waals surface area contributed by atoms with Gasteiger partial charge < -0.3 is 4.90 Å². The largest absolute Gasteiger partial charge is 0.341 e. The van der Waals surface area contributed by atoms with Crippen molar-refractivity contribution in [3.63, 3.8) is 0 Å². The number of piperidine rings is 1. The summed E-state index contributed by atoms with van der Waals surface area (Å²) in [6, 6.07) is 8.50. The van der Waals surface area contributed by atoms with E-state index in [2.05, 4.69) is 31.2 Å². The smallest absolute Gasteiger partial charge is 0.240 e. The molecule has 0 radical (unpaired) electrons. The maximum atomic E-state index is 12.0. The highest BCUT2D eigenvalue weighted by Crippen LogP contribution is 2.32. The van der Waals surface area contributed by atoms with Crippen LogP contribution in [0.5, 0.6) is 0 Å². The fraction of sp³-hybridized carbons (Fsp3) is 0.562. The maximum Gasteiger partial charge on any atom is 0.240 e. The standard InChI is InChI=1S/C16H22ClNOS/c1-3-14(17)16(19)18-10-8-13(9-11-18)20-15-7-5-4-6-12(15)2/h4-7,13-14H,3,8-11H2,1-2H3. The molecule has 4 heteroatoms. The molecule has 0 bridgehead atoms. The Labute approximate surface area is 130 Å². The number of halogens is 1. The molecular formula is C16H22ClNOS. The number of thioether (sulfide) groups is 1. The van der Waals surface area contributed by atoms with Crippen LogP contribution in [-0.2, 0) is 4.79 Å². The molecule has 20 heavy (non-hydrogen) atoms. The molecule has 1 aromatic carbocycles. The Balaban J connectivity index is 1.86. The first-order valence-electron chi connectivity index (χ1n) is 7.27. The number of carbonyl (C=O) groups excluding carboxylic acids is 1. The number of amides is 1. The summed E-state index contributed by atoms with van der Waals surface area (Å²) in [6.07, 6.45) is 2.81. The Hall–Kier alpha value is -0.670. The van der Waals surface area contributed by atoms with Gasteiger partial charge in [-0.1, -0.05) is 25.1 Å². The van der Waals surface area contributed by atoms with Gasteiger partial charge >= 0.3 is 0 Å². The predicted molar refractivity (Wildman–Crippen MR) is 86.6 cm³/mol. The molecular weight excluding hydrogens is 290 g/mol. The summed E-state index contributed by atoms with van der Waals surface area (Å²) in [6.45, 7) is 5.79. The molecule has 0 saturated carbocycles. The number of alkyl halides is 1. The topological polar surface area (TPSA) is 20.3 Å². The lowest BCUT2D eigenvalue weighted by molar-refractivity contribution is -0.131. The third-order valence-electron chi connectivity index (χ3n) is 3.77. The van der Waals surface area contributed by atoms with Crippen molar-refractivity contribution in [2.24, 2.45) is 0 Å². The van der Waals surface area contributed by atoms with Gasteiger partial charge in [0.2, 0.25) is 5.91 Å². The summed E-state index contributed by atoms with van der Waals surface area (Å²) < 4.78 is 0. The molecule has 0 aromatic heterocycles. The molecule has 110 valence electrons. The number of rotatable bonds is 4. The number of likely N-dealkylation sites (tertiary alicyclic amines) is 1. The zero-order valence-electron chi connectivity index (χ0n) is 12.1. The zero-order valence-corrected chi connectivity index (χ0v) is 13.7. The van der Waals surface area contributed by atoms with Crippen molar-refractivity contribution >= 4 is 29.3 Å². The van der Waals surface area contributed by atoms with E-state index in [-0.39, 0.29) is 11.3 Å². The van der Waals surface area contributed by atoms with Crippen molar-refractivity contribution in [2.75, 3.05) is 13.1 Å². The molecule has 1 fully saturated rings. The molecule has 1 atom stereocenters. The van der Waals surface area contributed by atoms with Crippen molar-refractivity contribution in [3.8, 4) is 0 Å². The van der Waals surface area contributed by atoms with E-state index in [0.29, 0.717) is 11.7 Å². The average molecular weight is 312 g/mol. The highest BCUT2D eigenvalue weighted by Gasteiger charge is 2.26. The number of carbonyl (C=O) groups is 1. The van der Waals surface area contributed by atoms with E-state index in [1.165, 1.54) is 10.5 Å². The fourth-order valence-electron chi connectivity index (χ4n) is 2.43. The van der Waals surface area contributed by atoms with Crippen LogP contribution < -0.4 is 0 Å². The Morgan fingerprint density at radius 1 is 1.40 bits per heavy atom. The lowest BCUT2D eigenvalue weighted by Crippen LogP contribution is -2.42. The van der Waals surface area contributed by atoms with E-state index >= 15 is 0 Å². The molecule has 1 aromatic rings. The van der Waals surface area contributed by atoms with Crippen LogP contribution in [0.15, 0.2) is 29.2 Å². The lowest BCUT2D eigenvalue weighted by atomic mass is 10.1. The average Bonchev–Trinajstić information content (AvgIpc) is 2.49. The minimum atomic E-state index is -0.351. The molecule has 0 spiro atoms. The van der Waals surface area contributed by atoms with Crippen LogP contribution in [0.25, 0.3) is 0 Å². The van der Waals surface area contributed by atoms with Gasteiger partial charge in [-0.25, -0.2) is 0 Å². The van der Waals surface area contributed by atoms with Crippen molar-refractivity contribution in [2.45, 2.75) is 48.6 Å². The van der Waals surface area contributed by atoms with Gasteiger partial charge in [-0.05, 0) is 37.8 Å². The third kappa shape index (κ3) is 3.92. The molecule has 1 heterocycles. The third-order valence-corrected chi connectivity index (χ3v) is 5.78. The second-order valence-corrected chi connectivity index (χ2v) is 7.15. The first kappa shape index (κ1) is 15.7. The number of hydrogen-bond donors (Lipinski definition) is 0. The van der Waals surface area contributed by atoms with Crippen molar-refractivity contribution in [3.05, 3.63) is 29.8 Å². The summed E-state index contributed by atoms with van der Waals surface area (Å²) in [7, 11) is 0.